The molecule has 27 heavy (non-hydrogen) atoms. The van der Waals surface area contributed by atoms with E-state index in [-0.39, 0.29) is 17.3 Å². The lowest BCUT2D eigenvalue weighted by atomic mass is 10.1. The molecule has 1 aliphatic heterocycles. The van der Waals surface area contributed by atoms with Crippen LogP contribution in [0, 0.1) is 0 Å². The van der Waals surface area contributed by atoms with Gasteiger partial charge in [-0.25, -0.2) is 18.1 Å². The Labute approximate surface area is 157 Å². The zero-order chi connectivity index (χ0) is 18.9. The Morgan fingerprint density at radius 3 is 2.93 bits per heavy atom. The summed E-state index contributed by atoms with van der Waals surface area (Å²) in [6.45, 7) is 0.264. The third-order valence-electron chi connectivity index (χ3n) is 4.60. The summed E-state index contributed by atoms with van der Waals surface area (Å²) in [6, 6.07) is 10.6. The number of benzene rings is 1. The average Bonchev–Trinajstić information content (AvgIpc) is 2.95. The van der Waals surface area contributed by atoms with Gasteiger partial charge >= 0.3 is 0 Å². The molecule has 1 aromatic carbocycles. The number of hydrogen-bond donors (Lipinski definition) is 2. The first kappa shape index (κ1) is 17.7. The predicted octanol–water partition coefficient (Wildman–Crippen LogP) is 2.13. The van der Waals surface area contributed by atoms with E-state index in [1.54, 1.807) is 12.1 Å². The Bertz CT molecular complexity index is 1070. The van der Waals surface area contributed by atoms with E-state index < -0.39 is 10.0 Å². The molecule has 2 aromatic heterocycles. The van der Waals surface area contributed by atoms with Gasteiger partial charge in [0.2, 0.25) is 15.9 Å². The van der Waals surface area contributed by atoms with E-state index >= 15 is 0 Å². The van der Waals surface area contributed by atoms with Crippen LogP contribution in [0.3, 0.4) is 0 Å². The van der Waals surface area contributed by atoms with Crippen LogP contribution in [0.5, 0.6) is 0 Å². The second-order valence-electron chi connectivity index (χ2n) is 6.57. The summed E-state index contributed by atoms with van der Waals surface area (Å²) < 4.78 is 29.8. The van der Waals surface area contributed by atoms with Gasteiger partial charge in [-0.1, -0.05) is 6.07 Å². The van der Waals surface area contributed by atoms with Gasteiger partial charge in [0, 0.05) is 37.5 Å². The first-order valence-corrected chi connectivity index (χ1v) is 10.3. The fraction of sp³-hybridized carbons (Fsp3) is 0.263. The van der Waals surface area contributed by atoms with Crippen molar-refractivity contribution >= 4 is 27.3 Å². The van der Waals surface area contributed by atoms with Crippen molar-refractivity contribution in [1.82, 2.24) is 14.1 Å². The van der Waals surface area contributed by atoms with Gasteiger partial charge in [-0.05, 0) is 48.7 Å². The summed E-state index contributed by atoms with van der Waals surface area (Å²) in [7, 11) is -3.62. The Morgan fingerprint density at radius 2 is 2.07 bits per heavy atom. The lowest BCUT2D eigenvalue weighted by Crippen LogP contribution is -2.26. The van der Waals surface area contributed by atoms with E-state index in [4.69, 9.17) is 0 Å². The van der Waals surface area contributed by atoms with Crippen LogP contribution in [0.4, 0.5) is 5.69 Å². The third-order valence-corrected chi connectivity index (χ3v) is 6.06. The molecule has 0 bridgehead atoms. The Balaban J connectivity index is 1.45. The maximum absolute atomic E-state index is 12.6. The number of rotatable bonds is 5. The molecule has 3 aromatic rings. The molecule has 0 saturated heterocycles. The number of anilines is 1. The summed E-state index contributed by atoms with van der Waals surface area (Å²) in [5, 5.41) is 2.81. The number of imidazole rings is 1. The molecule has 0 atom stereocenters. The Morgan fingerprint density at radius 1 is 1.19 bits per heavy atom. The van der Waals surface area contributed by atoms with Gasteiger partial charge in [0.1, 0.15) is 5.65 Å². The molecule has 0 aliphatic carbocycles. The molecule has 1 aliphatic rings. The number of aryl methyl sites for hydroxylation is 1. The van der Waals surface area contributed by atoms with Crippen LogP contribution in [0.15, 0.2) is 53.7 Å². The second kappa shape index (κ2) is 7.13. The van der Waals surface area contributed by atoms with Gasteiger partial charge in [0.05, 0.1) is 10.6 Å². The Hall–Kier alpha value is -2.71. The number of amides is 1. The van der Waals surface area contributed by atoms with Crippen molar-refractivity contribution in [3.05, 3.63) is 60.0 Å². The van der Waals surface area contributed by atoms with Crippen molar-refractivity contribution in [1.29, 1.82) is 0 Å². The van der Waals surface area contributed by atoms with Gasteiger partial charge in [-0.15, -0.1) is 0 Å². The normalized spacial score (nSPS) is 14.6. The first-order chi connectivity index (χ1) is 13.0. The first-order valence-electron chi connectivity index (χ1n) is 8.86. The third kappa shape index (κ3) is 3.86. The summed E-state index contributed by atoms with van der Waals surface area (Å²) in [6.07, 6.45) is 6.15. The van der Waals surface area contributed by atoms with Crippen LogP contribution in [0.2, 0.25) is 0 Å². The molecular formula is C19H20N4O3S. The van der Waals surface area contributed by atoms with Crippen LogP contribution in [-0.2, 0) is 27.7 Å². The highest BCUT2D eigenvalue weighted by molar-refractivity contribution is 7.89. The zero-order valence-electron chi connectivity index (χ0n) is 14.7. The smallest absolute Gasteiger partial charge is 0.240 e. The van der Waals surface area contributed by atoms with Crippen molar-refractivity contribution in [3.63, 3.8) is 0 Å². The van der Waals surface area contributed by atoms with Crippen LogP contribution < -0.4 is 10.0 Å². The van der Waals surface area contributed by atoms with Crippen LogP contribution in [-0.4, -0.2) is 30.3 Å². The van der Waals surface area contributed by atoms with Crippen molar-refractivity contribution in [2.75, 3.05) is 11.9 Å². The summed E-state index contributed by atoms with van der Waals surface area (Å²) in [4.78, 5) is 16.3. The molecule has 0 fully saturated rings. The van der Waals surface area contributed by atoms with Gasteiger partial charge in [0.25, 0.3) is 0 Å². The summed E-state index contributed by atoms with van der Waals surface area (Å²) in [5.74, 6) is -0.0325. The molecule has 4 rings (SSSR count). The number of sulfonamides is 1. The maximum atomic E-state index is 12.6. The topological polar surface area (TPSA) is 92.6 Å². The van der Waals surface area contributed by atoms with Crippen molar-refractivity contribution < 1.29 is 13.2 Å². The maximum Gasteiger partial charge on any atom is 0.240 e. The van der Waals surface area contributed by atoms with Crippen molar-refractivity contribution in [2.24, 2.45) is 0 Å². The Kier molecular flexibility index (Phi) is 4.67. The molecule has 0 radical (unpaired) electrons. The molecule has 1 amide bonds. The average molecular weight is 384 g/mol. The SMILES string of the molecule is O=C1CCCc2cc(S(=O)(=O)NCCc3cn4ccccc4n3)ccc2N1. The lowest BCUT2D eigenvalue weighted by molar-refractivity contribution is -0.116. The fourth-order valence-corrected chi connectivity index (χ4v) is 4.30. The monoisotopic (exact) mass is 384 g/mol. The second-order valence-corrected chi connectivity index (χ2v) is 8.33. The number of nitrogens with zero attached hydrogens (tertiary/aromatic N) is 2. The quantitative estimate of drug-likeness (QED) is 0.705. The number of carbonyl (C=O) groups excluding carboxylic acids is 1. The number of aromatic nitrogens is 2. The highest BCUT2D eigenvalue weighted by Crippen LogP contribution is 2.25. The molecular weight excluding hydrogens is 364 g/mol. The lowest BCUT2D eigenvalue weighted by Gasteiger charge is -2.10. The zero-order valence-corrected chi connectivity index (χ0v) is 15.5. The number of fused-ring (bicyclic) bond motifs is 2. The van der Waals surface area contributed by atoms with Gasteiger partial charge in [0.15, 0.2) is 0 Å². The molecule has 2 N–H and O–H groups in total. The molecule has 140 valence electrons. The standard InChI is InChI=1S/C19H20N4O3S/c24-19-6-3-4-14-12-16(7-8-17(14)22-19)27(25,26)20-10-9-15-13-23-11-2-1-5-18(23)21-15/h1-2,5,7-8,11-13,20H,3-4,6,9-10H2,(H,22,24). The molecule has 0 spiro atoms. The number of hydrogen-bond acceptors (Lipinski definition) is 4. The molecule has 3 heterocycles. The van der Waals surface area contributed by atoms with E-state index in [0.29, 0.717) is 31.4 Å². The van der Waals surface area contributed by atoms with E-state index in [0.717, 1.165) is 16.9 Å². The van der Waals surface area contributed by atoms with Gasteiger partial charge in [-0.3, -0.25) is 4.79 Å². The number of pyridine rings is 1. The van der Waals surface area contributed by atoms with Crippen LogP contribution >= 0.6 is 0 Å². The summed E-state index contributed by atoms with van der Waals surface area (Å²) in [5.41, 5.74) is 3.21. The van der Waals surface area contributed by atoms with Gasteiger partial charge < -0.3 is 9.72 Å². The molecule has 0 unspecified atom stereocenters. The number of carbonyl (C=O) groups is 1. The molecule has 0 saturated carbocycles. The van der Waals surface area contributed by atoms with Crippen LogP contribution in [0.1, 0.15) is 24.1 Å². The minimum Gasteiger partial charge on any atom is -0.326 e. The minimum atomic E-state index is -3.62. The summed E-state index contributed by atoms with van der Waals surface area (Å²) >= 11 is 0. The molecule has 8 heteroatoms. The van der Waals surface area contributed by atoms with Crippen molar-refractivity contribution in [2.45, 2.75) is 30.6 Å². The fourth-order valence-electron chi connectivity index (χ4n) is 3.22. The highest BCUT2D eigenvalue weighted by Gasteiger charge is 2.18. The van der Waals surface area contributed by atoms with Crippen molar-refractivity contribution in [3.8, 4) is 0 Å². The number of nitrogens with one attached hydrogen (secondary N) is 2. The van der Waals surface area contributed by atoms with Gasteiger partial charge in [-0.2, -0.15) is 0 Å². The largest absolute Gasteiger partial charge is 0.326 e. The van der Waals surface area contributed by atoms with E-state index in [2.05, 4.69) is 15.0 Å². The predicted molar refractivity (Wildman–Crippen MR) is 102 cm³/mol. The minimum absolute atomic E-state index is 0.0325. The van der Waals surface area contributed by atoms with Crippen LogP contribution in [0.25, 0.3) is 5.65 Å². The van der Waals surface area contributed by atoms with E-state index in [9.17, 15) is 13.2 Å². The van der Waals surface area contributed by atoms with E-state index in [1.807, 2.05) is 35.0 Å². The highest BCUT2D eigenvalue weighted by atomic mass is 32.2. The van der Waals surface area contributed by atoms with E-state index in [1.165, 1.54) is 6.07 Å². The molecule has 7 nitrogen and oxygen atoms in total.